The van der Waals surface area contributed by atoms with Crippen LogP contribution in [0, 0.1) is 6.92 Å². The van der Waals surface area contributed by atoms with Crippen LogP contribution in [-0.2, 0) is 0 Å². The van der Waals surface area contributed by atoms with Gasteiger partial charge in [0.25, 0.3) is 5.91 Å². The lowest BCUT2D eigenvalue weighted by Crippen LogP contribution is -2.12. The molecule has 1 amide bonds. The number of methoxy groups -OCH3 is 1. The van der Waals surface area contributed by atoms with Crippen LogP contribution in [0.1, 0.15) is 15.9 Å². The molecule has 0 aliphatic rings. The van der Waals surface area contributed by atoms with Crippen LogP contribution in [0.5, 0.6) is 5.75 Å². The fourth-order valence-corrected chi connectivity index (χ4v) is 2.19. The Hall–Kier alpha value is -1.81. The van der Waals surface area contributed by atoms with Gasteiger partial charge >= 0.3 is 0 Å². The normalized spacial score (nSPS) is 10.1. The van der Waals surface area contributed by atoms with Crippen molar-refractivity contribution in [1.82, 2.24) is 0 Å². The maximum absolute atomic E-state index is 12.1. The molecule has 0 fully saturated rings. The van der Waals surface area contributed by atoms with Gasteiger partial charge in [-0.3, -0.25) is 4.79 Å². The van der Waals surface area contributed by atoms with Crippen LogP contribution >= 0.6 is 15.9 Å². The summed E-state index contributed by atoms with van der Waals surface area (Å²) in [7, 11) is 1.61. The van der Waals surface area contributed by atoms with Gasteiger partial charge in [0.05, 0.1) is 7.11 Å². The molecular formula is C15H14BrNO2. The van der Waals surface area contributed by atoms with Crippen molar-refractivity contribution in [3.63, 3.8) is 0 Å². The van der Waals surface area contributed by atoms with Crippen molar-refractivity contribution in [2.75, 3.05) is 12.4 Å². The van der Waals surface area contributed by atoms with Crippen LogP contribution in [-0.4, -0.2) is 13.0 Å². The molecule has 4 heteroatoms. The number of carbonyl (C=O) groups is 1. The molecule has 0 radical (unpaired) electrons. The lowest BCUT2D eigenvalue weighted by Gasteiger charge is -2.08. The highest BCUT2D eigenvalue weighted by atomic mass is 79.9. The second-order valence-electron chi connectivity index (χ2n) is 4.15. The summed E-state index contributed by atoms with van der Waals surface area (Å²) >= 11 is 3.37. The van der Waals surface area contributed by atoms with Crippen molar-refractivity contribution in [2.45, 2.75) is 6.92 Å². The number of carbonyl (C=O) groups excluding carboxylic acids is 1. The third-order valence-corrected chi connectivity index (χ3v) is 3.23. The topological polar surface area (TPSA) is 38.3 Å². The number of hydrogen-bond acceptors (Lipinski definition) is 2. The average Bonchev–Trinajstić information content (AvgIpc) is 2.38. The molecule has 0 unspecified atom stereocenters. The summed E-state index contributed by atoms with van der Waals surface area (Å²) < 4.78 is 6.10. The van der Waals surface area contributed by atoms with Gasteiger partial charge in [0.15, 0.2) is 0 Å². The largest absolute Gasteiger partial charge is 0.496 e. The molecule has 0 heterocycles. The first kappa shape index (κ1) is 13.6. The van der Waals surface area contributed by atoms with E-state index in [9.17, 15) is 4.79 Å². The first-order chi connectivity index (χ1) is 9.10. The van der Waals surface area contributed by atoms with E-state index >= 15 is 0 Å². The zero-order valence-electron chi connectivity index (χ0n) is 10.7. The molecule has 0 atom stereocenters. The van der Waals surface area contributed by atoms with E-state index in [2.05, 4.69) is 21.2 Å². The van der Waals surface area contributed by atoms with E-state index in [0.29, 0.717) is 5.56 Å². The molecule has 2 aromatic rings. The van der Waals surface area contributed by atoms with E-state index in [1.165, 1.54) is 0 Å². The summed E-state index contributed by atoms with van der Waals surface area (Å²) in [6.45, 7) is 1.91. The second-order valence-corrected chi connectivity index (χ2v) is 5.06. The number of amides is 1. The summed E-state index contributed by atoms with van der Waals surface area (Å²) in [6.07, 6.45) is 0. The van der Waals surface area contributed by atoms with Gasteiger partial charge in [-0.1, -0.05) is 22.0 Å². The Morgan fingerprint density at radius 3 is 2.63 bits per heavy atom. The Balaban J connectivity index is 2.18. The standard InChI is InChI=1S/C15H14BrNO2/c1-10-8-11(6-7-14(10)19-2)15(18)17-13-5-3-4-12(16)9-13/h3-9H,1-2H3,(H,17,18). The van der Waals surface area contributed by atoms with E-state index in [-0.39, 0.29) is 5.91 Å². The molecule has 19 heavy (non-hydrogen) atoms. The maximum Gasteiger partial charge on any atom is 0.255 e. The molecule has 0 aliphatic carbocycles. The lowest BCUT2D eigenvalue weighted by atomic mass is 10.1. The SMILES string of the molecule is COc1ccc(C(=O)Nc2cccc(Br)c2)cc1C. The van der Waals surface area contributed by atoms with Crippen molar-refractivity contribution >= 4 is 27.5 Å². The van der Waals surface area contributed by atoms with Gasteiger partial charge < -0.3 is 10.1 Å². The third kappa shape index (κ3) is 3.35. The van der Waals surface area contributed by atoms with Crippen LogP contribution in [0.2, 0.25) is 0 Å². The van der Waals surface area contributed by atoms with Crippen LogP contribution in [0.4, 0.5) is 5.69 Å². The Morgan fingerprint density at radius 2 is 2.00 bits per heavy atom. The highest BCUT2D eigenvalue weighted by Gasteiger charge is 2.08. The average molecular weight is 320 g/mol. The van der Waals surface area contributed by atoms with Gasteiger partial charge in [0.2, 0.25) is 0 Å². The van der Waals surface area contributed by atoms with Crippen molar-refractivity contribution in [2.24, 2.45) is 0 Å². The number of aryl methyl sites for hydroxylation is 1. The predicted molar refractivity (Wildman–Crippen MR) is 79.8 cm³/mol. The fraction of sp³-hybridized carbons (Fsp3) is 0.133. The van der Waals surface area contributed by atoms with Crippen molar-refractivity contribution < 1.29 is 9.53 Å². The summed E-state index contributed by atoms with van der Waals surface area (Å²) in [5, 5.41) is 2.85. The lowest BCUT2D eigenvalue weighted by molar-refractivity contribution is 0.102. The Bertz CT molecular complexity index is 611. The molecule has 98 valence electrons. The molecule has 3 nitrogen and oxygen atoms in total. The minimum atomic E-state index is -0.135. The van der Waals surface area contributed by atoms with Crippen LogP contribution in [0.15, 0.2) is 46.9 Å². The van der Waals surface area contributed by atoms with Crippen LogP contribution in [0.3, 0.4) is 0 Å². The minimum absolute atomic E-state index is 0.135. The van der Waals surface area contributed by atoms with E-state index in [1.807, 2.05) is 37.3 Å². The van der Waals surface area contributed by atoms with Gasteiger partial charge in [-0.2, -0.15) is 0 Å². The monoisotopic (exact) mass is 319 g/mol. The van der Waals surface area contributed by atoms with Gasteiger partial charge in [-0.15, -0.1) is 0 Å². The maximum atomic E-state index is 12.1. The molecule has 2 rings (SSSR count). The summed E-state index contributed by atoms with van der Waals surface area (Å²) in [6, 6.07) is 12.8. The zero-order chi connectivity index (χ0) is 13.8. The number of ether oxygens (including phenoxy) is 1. The molecule has 2 aromatic carbocycles. The summed E-state index contributed by atoms with van der Waals surface area (Å²) in [4.78, 5) is 12.1. The van der Waals surface area contributed by atoms with Gasteiger partial charge in [0.1, 0.15) is 5.75 Å². The van der Waals surface area contributed by atoms with Gasteiger partial charge in [0, 0.05) is 15.7 Å². The molecule has 0 aliphatic heterocycles. The summed E-state index contributed by atoms with van der Waals surface area (Å²) in [5.74, 6) is 0.642. The number of benzene rings is 2. The number of halogens is 1. The van der Waals surface area contributed by atoms with Crippen LogP contribution < -0.4 is 10.1 Å². The molecule has 0 spiro atoms. The van der Waals surface area contributed by atoms with E-state index in [4.69, 9.17) is 4.74 Å². The highest BCUT2D eigenvalue weighted by Crippen LogP contribution is 2.20. The zero-order valence-corrected chi connectivity index (χ0v) is 12.3. The molecule has 0 saturated heterocycles. The Labute approximate surface area is 120 Å². The molecule has 0 aromatic heterocycles. The fourth-order valence-electron chi connectivity index (χ4n) is 1.79. The van der Waals surface area contributed by atoms with E-state index in [0.717, 1.165) is 21.5 Å². The van der Waals surface area contributed by atoms with Crippen molar-refractivity contribution in [3.8, 4) is 5.75 Å². The molecular weight excluding hydrogens is 306 g/mol. The predicted octanol–water partition coefficient (Wildman–Crippen LogP) is 4.02. The van der Waals surface area contributed by atoms with Gasteiger partial charge in [-0.25, -0.2) is 0 Å². The minimum Gasteiger partial charge on any atom is -0.496 e. The number of nitrogens with one attached hydrogen (secondary N) is 1. The second kappa shape index (κ2) is 5.89. The quantitative estimate of drug-likeness (QED) is 0.928. The number of anilines is 1. The third-order valence-electron chi connectivity index (χ3n) is 2.74. The first-order valence-corrected chi connectivity index (χ1v) is 6.61. The number of hydrogen-bond donors (Lipinski definition) is 1. The summed E-state index contributed by atoms with van der Waals surface area (Å²) in [5.41, 5.74) is 2.30. The van der Waals surface area contributed by atoms with Crippen molar-refractivity contribution in [1.29, 1.82) is 0 Å². The highest BCUT2D eigenvalue weighted by molar-refractivity contribution is 9.10. The van der Waals surface area contributed by atoms with E-state index in [1.54, 1.807) is 19.2 Å². The van der Waals surface area contributed by atoms with Gasteiger partial charge in [-0.05, 0) is 48.9 Å². The number of rotatable bonds is 3. The molecule has 1 N–H and O–H groups in total. The smallest absolute Gasteiger partial charge is 0.255 e. The van der Waals surface area contributed by atoms with E-state index < -0.39 is 0 Å². The Kier molecular flexibility index (Phi) is 4.22. The molecule has 0 saturated carbocycles. The van der Waals surface area contributed by atoms with Crippen molar-refractivity contribution in [3.05, 3.63) is 58.1 Å². The Morgan fingerprint density at radius 1 is 1.21 bits per heavy atom. The van der Waals surface area contributed by atoms with Crippen LogP contribution in [0.25, 0.3) is 0 Å². The first-order valence-electron chi connectivity index (χ1n) is 5.81. The molecule has 0 bridgehead atoms.